The van der Waals surface area contributed by atoms with Gasteiger partial charge in [0.2, 0.25) is 10.0 Å². The molecule has 1 aromatic heterocycles. The number of benzene rings is 2. The molecule has 0 saturated heterocycles. The predicted octanol–water partition coefficient (Wildman–Crippen LogP) is 3.67. The minimum absolute atomic E-state index is 0.0214. The van der Waals surface area contributed by atoms with Crippen LogP contribution in [0, 0.1) is 0 Å². The van der Waals surface area contributed by atoms with E-state index in [1.165, 1.54) is 10.1 Å². The molecule has 1 heterocycles. The van der Waals surface area contributed by atoms with Crippen molar-refractivity contribution in [1.29, 1.82) is 0 Å². The van der Waals surface area contributed by atoms with E-state index in [9.17, 15) is 8.42 Å². The quantitative estimate of drug-likeness (QED) is 0.576. The molecule has 0 aliphatic heterocycles. The molecule has 0 spiro atoms. The van der Waals surface area contributed by atoms with Crippen molar-refractivity contribution in [3.8, 4) is 5.75 Å². The van der Waals surface area contributed by atoms with Gasteiger partial charge in [-0.15, -0.1) is 11.3 Å². The van der Waals surface area contributed by atoms with Crippen LogP contribution in [0.4, 0.5) is 0 Å². The average molecular weight is 419 g/mol. The Balaban J connectivity index is 1.65. The fourth-order valence-electron chi connectivity index (χ4n) is 3.15. The summed E-state index contributed by atoms with van der Waals surface area (Å²) in [4.78, 5) is 2.06. The highest BCUT2D eigenvalue weighted by molar-refractivity contribution is 7.89. The molecule has 3 aromatic rings. The number of aryl methyl sites for hydroxylation is 1. The van der Waals surface area contributed by atoms with Crippen LogP contribution in [0.15, 0.2) is 53.9 Å². The molecule has 0 amide bonds. The van der Waals surface area contributed by atoms with Gasteiger partial charge < -0.3 is 9.64 Å². The predicted molar refractivity (Wildman–Crippen MR) is 117 cm³/mol. The highest BCUT2D eigenvalue weighted by Gasteiger charge is 2.21. The van der Waals surface area contributed by atoms with E-state index in [1.54, 1.807) is 18.4 Å². The third kappa shape index (κ3) is 5.11. The second-order valence-electron chi connectivity index (χ2n) is 6.93. The second kappa shape index (κ2) is 9.05. The first-order valence-corrected chi connectivity index (χ1v) is 11.7. The van der Waals surface area contributed by atoms with E-state index >= 15 is 0 Å². The zero-order valence-corrected chi connectivity index (χ0v) is 18.0. The number of sulfonamides is 1. The molecule has 28 heavy (non-hydrogen) atoms. The van der Waals surface area contributed by atoms with E-state index in [2.05, 4.69) is 27.1 Å². The number of ether oxygens (including phenoxy) is 1. The molecule has 0 aliphatic rings. The van der Waals surface area contributed by atoms with Crippen molar-refractivity contribution >= 4 is 31.4 Å². The van der Waals surface area contributed by atoms with Crippen LogP contribution >= 0.6 is 11.3 Å². The lowest BCUT2D eigenvalue weighted by Crippen LogP contribution is -2.36. The zero-order chi connectivity index (χ0) is 20.1. The van der Waals surface area contributed by atoms with Crippen molar-refractivity contribution in [1.82, 2.24) is 9.62 Å². The van der Waals surface area contributed by atoms with Gasteiger partial charge >= 0.3 is 0 Å². The fourth-order valence-corrected chi connectivity index (χ4v) is 5.22. The molecule has 7 heteroatoms. The Morgan fingerprint density at radius 2 is 1.82 bits per heavy atom. The minimum Gasteiger partial charge on any atom is -0.497 e. The van der Waals surface area contributed by atoms with Crippen LogP contribution in [-0.2, 0) is 16.4 Å². The van der Waals surface area contributed by atoms with Crippen molar-refractivity contribution in [3.63, 3.8) is 0 Å². The molecule has 0 fully saturated rings. The molecule has 5 nitrogen and oxygen atoms in total. The summed E-state index contributed by atoms with van der Waals surface area (Å²) in [7, 11) is 2.19. The van der Waals surface area contributed by atoms with Gasteiger partial charge in [-0.2, -0.15) is 0 Å². The number of hydrogen-bond donors (Lipinski definition) is 1. The molecule has 1 N–H and O–H groups in total. The largest absolute Gasteiger partial charge is 0.497 e. The first-order chi connectivity index (χ1) is 13.4. The lowest BCUT2D eigenvalue weighted by molar-refractivity contribution is 0.301. The molecular weight excluding hydrogens is 392 g/mol. The average Bonchev–Trinajstić information content (AvgIpc) is 3.11. The van der Waals surface area contributed by atoms with Gasteiger partial charge in [-0.3, -0.25) is 0 Å². The number of nitrogens with one attached hydrogen (secondary N) is 1. The summed E-state index contributed by atoms with van der Waals surface area (Å²) in [6, 6.07) is 15.7. The van der Waals surface area contributed by atoms with Gasteiger partial charge in [0.25, 0.3) is 0 Å². The maximum absolute atomic E-state index is 12.5. The number of nitrogens with zero attached hydrogens (tertiary/aromatic N) is 1. The molecule has 0 saturated carbocycles. The Morgan fingerprint density at radius 1 is 1.11 bits per heavy atom. The van der Waals surface area contributed by atoms with Crippen molar-refractivity contribution in [2.45, 2.75) is 12.5 Å². The minimum atomic E-state index is -3.37. The Morgan fingerprint density at radius 3 is 2.50 bits per heavy atom. The summed E-state index contributed by atoms with van der Waals surface area (Å²) >= 11 is 1.69. The smallest absolute Gasteiger partial charge is 0.211 e. The number of hydrogen-bond acceptors (Lipinski definition) is 5. The van der Waals surface area contributed by atoms with E-state index in [0.717, 1.165) is 16.9 Å². The normalized spacial score (nSPS) is 13.1. The van der Waals surface area contributed by atoms with Crippen LogP contribution in [-0.4, -0.2) is 46.8 Å². The molecule has 2 aromatic carbocycles. The fraction of sp³-hybridized carbons (Fsp3) is 0.333. The van der Waals surface area contributed by atoms with Crippen molar-refractivity contribution in [2.24, 2.45) is 0 Å². The monoisotopic (exact) mass is 418 g/mol. The Labute approximate surface area is 171 Å². The molecule has 0 radical (unpaired) electrons. The van der Waals surface area contributed by atoms with Crippen molar-refractivity contribution < 1.29 is 13.2 Å². The maximum atomic E-state index is 12.5. The summed E-state index contributed by atoms with van der Waals surface area (Å²) in [5.74, 6) is 0.825. The lowest BCUT2D eigenvalue weighted by Gasteiger charge is -2.24. The summed E-state index contributed by atoms with van der Waals surface area (Å²) < 4.78 is 34.2. The van der Waals surface area contributed by atoms with Crippen LogP contribution in [0.1, 0.15) is 17.2 Å². The Bertz CT molecular complexity index is 1010. The third-order valence-corrected chi connectivity index (χ3v) is 7.14. The van der Waals surface area contributed by atoms with Crippen molar-refractivity contribution in [2.75, 3.05) is 33.5 Å². The van der Waals surface area contributed by atoms with Crippen LogP contribution < -0.4 is 9.46 Å². The molecule has 1 atom stereocenters. The number of fused-ring (bicyclic) bond motifs is 1. The summed E-state index contributed by atoms with van der Waals surface area (Å²) in [5.41, 5.74) is 2.13. The van der Waals surface area contributed by atoms with E-state index in [1.807, 2.05) is 50.5 Å². The summed E-state index contributed by atoms with van der Waals surface area (Å²) in [6.07, 6.45) is 0.466. The molecule has 0 unspecified atom stereocenters. The van der Waals surface area contributed by atoms with Crippen LogP contribution in [0.3, 0.4) is 0 Å². The third-order valence-electron chi connectivity index (χ3n) is 4.81. The number of methoxy groups -OCH3 is 1. The summed E-state index contributed by atoms with van der Waals surface area (Å²) in [5, 5.41) is 3.31. The van der Waals surface area contributed by atoms with Crippen LogP contribution in [0.5, 0.6) is 5.75 Å². The molecule has 3 rings (SSSR count). The number of rotatable bonds is 9. The maximum Gasteiger partial charge on any atom is 0.211 e. The van der Waals surface area contributed by atoms with Gasteiger partial charge in [-0.05, 0) is 60.6 Å². The standard InChI is InChI=1S/C21H26N2O3S2/c1-23(2)20(19-15-27-21-7-5-4-6-18(19)21)14-22-28(24,25)13-12-16-8-10-17(26-3)11-9-16/h4-11,15,20,22H,12-14H2,1-3H3/t20-/m0/s1. The van der Waals surface area contributed by atoms with Gasteiger partial charge in [-0.1, -0.05) is 30.3 Å². The topological polar surface area (TPSA) is 58.6 Å². The Hall–Kier alpha value is -1.93. The molecule has 150 valence electrons. The Kier molecular flexibility index (Phi) is 6.72. The van der Waals surface area contributed by atoms with E-state index < -0.39 is 10.0 Å². The van der Waals surface area contributed by atoms with E-state index in [-0.39, 0.29) is 11.8 Å². The zero-order valence-electron chi connectivity index (χ0n) is 16.4. The van der Waals surface area contributed by atoms with E-state index in [4.69, 9.17) is 4.74 Å². The summed E-state index contributed by atoms with van der Waals surface area (Å²) in [6.45, 7) is 0.346. The van der Waals surface area contributed by atoms with Gasteiger partial charge in [0.05, 0.1) is 12.9 Å². The van der Waals surface area contributed by atoms with Crippen molar-refractivity contribution in [3.05, 3.63) is 65.0 Å². The van der Waals surface area contributed by atoms with Gasteiger partial charge in [0, 0.05) is 17.3 Å². The van der Waals surface area contributed by atoms with Gasteiger partial charge in [0.1, 0.15) is 5.75 Å². The second-order valence-corrected chi connectivity index (χ2v) is 9.77. The van der Waals surface area contributed by atoms with Crippen LogP contribution in [0.25, 0.3) is 10.1 Å². The highest BCUT2D eigenvalue weighted by Crippen LogP contribution is 2.32. The highest BCUT2D eigenvalue weighted by atomic mass is 32.2. The first-order valence-electron chi connectivity index (χ1n) is 9.12. The molecule has 0 bridgehead atoms. The molecular formula is C21H26N2O3S2. The first kappa shape index (κ1) is 20.8. The number of thiophene rings is 1. The van der Waals surface area contributed by atoms with E-state index in [0.29, 0.717) is 13.0 Å². The van der Waals surface area contributed by atoms with Gasteiger partial charge in [0.15, 0.2) is 0 Å². The lowest BCUT2D eigenvalue weighted by atomic mass is 10.1. The van der Waals surface area contributed by atoms with Gasteiger partial charge in [-0.25, -0.2) is 13.1 Å². The molecule has 0 aliphatic carbocycles. The van der Waals surface area contributed by atoms with Crippen LogP contribution in [0.2, 0.25) is 0 Å². The number of likely N-dealkylation sites (N-methyl/N-ethyl adjacent to an activating group) is 1. The SMILES string of the molecule is COc1ccc(CCS(=O)(=O)NC[C@@H](c2csc3ccccc23)N(C)C)cc1.